The predicted octanol–water partition coefficient (Wildman–Crippen LogP) is 8.46. The van der Waals surface area contributed by atoms with E-state index in [0.717, 1.165) is 16.6 Å². The van der Waals surface area contributed by atoms with E-state index in [0.29, 0.717) is 0 Å². The number of furan rings is 1. The van der Waals surface area contributed by atoms with Gasteiger partial charge in [-0.25, -0.2) is 0 Å². The Morgan fingerprint density at radius 1 is 0.548 bits per heavy atom. The number of nitrogens with zero attached hydrogens (tertiary/aromatic N) is 1. The first-order valence-corrected chi connectivity index (χ1v) is 14.7. The summed E-state index contributed by atoms with van der Waals surface area (Å²) in [4.78, 5) is 2.49. The molecule has 0 atom stereocenters. The highest BCUT2D eigenvalue weighted by atomic mass is 16.3. The molecule has 42 heavy (non-hydrogen) atoms. The summed E-state index contributed by atoms with van der Waals surface area (Å²) in [7, 11) is 0. The van der Waals surface area contributed by atoms with Gasteiger partial charge in [0.15, 0.2) is 0 Å². The van der Waals surface area contributed by atoms with Gasteiger partial charge in [0.25, 0.3) is 0 Å². The number of anilines is 3. The van der Waals surface area contributed by atoms with Crippen molar-refractivity contribution in [2.75, 3.05) is 4.90 Å². The number of para-hydroxylation sites is 1. The third-order valence-corrected chi connectivity index (χ3v) is 9.24. The Morgan fingerprint density at radius 3 is 2.14 bits per heavy atom. The highest BCUT2D eigenvalue weighted by molar-refractivity contribution is 7.01. The topological polar surface area (TPSA) is 16.4 Å². The van der Waals surface area contributed by atoms with E-state index in [9.17, 15) is 0 Å². The first kappa shape index (κ1) is 23.7. The molecule has 2 aliphatic heterocycles. The monoisotopic (exact) mass is 537 g/mol. The maximum atomic E-state index is 6.31. The lowest BCUT2D eigenvalue weighted by molar-refractivity contribution is 0.669. The van der Waals surface area contributed by atoms with Gasteiger partial charge in [-0.2, -0.15) is 0 Å². The molecule has 9 rings (SSSR count). The van der Waals surface area contributed by atoms with E-state index in [1.54, 1.807) is 0 Å². The van der Waals surface area contributed by atoms with Crippen LogP contribution in [-0.4, -0.2) is 6.71 Å². The Balaban J connectivity index is 1.41. The highest BCUT2D eigenvalue weighted by Gasteiger charge is 2.43. The zero-order valence-electron chi connectivity index (χ0n) is 23.9. The molecular formula is C39H28BNO. The van der Waals surface area contributed by atoms with Gasteiger partial charge >= 0.3 is 0 Å². The van der Waals surface area contributed by atoms with E-state index < -0.39 is 0 Å². The Bertz CT molecular complexity index is 2240. The van der Waals surface area contributed by atoms with Crippen LogP contribution in [-0.2, 0) is 0 Å². The summed E-state index contributed by atoms with van der Waals surface area (Å²) < 4.78 is 6.31. The smallest absolute Gasteiger partial charge is 0.248 e. The number of rotatable bonds is 2. The average Bonchev–Trinajstić information content (AvgIpc) is 3.54. The molecule has 2 nitrogen and oxygen atoms in total. The van der Waals surface area contributed by atoms with E-state index in [4.69, 9.17) is 4.42 Å². The molecular weight excluding hydrogens is 509 g/mol. The van der Waals surface area contributed by atoms with Crippen molar-refractivity contribution in [3.63, 3.8) is 0 Å². The minimum atomic E-state index is 0.209. The molecule has 0 fully saturated rings. The van der Waals surface area contributed by atoms with Crippen molar-refractivity contribution < 1.29 is 4.42 Å². The van der Waals surface area contributed by atoms with Gasteiger partial charge in [-0.15, -0.1) is 0 Å². The van der Waals surface area contributed by atoms with Crippen molar-refractivity contribution in [3.05, 3.63) is 132 Å². The van der Waals surface area contributed by atoms with Gasteiger partial charge in [0.1, 0.15) is 11.2 Å². The summed E-state index contributed by atoms with van der Waals surface area (Å²) in [6.45, 7) is 6.78. The Hall–Kier alpha value is -5.02. The fourth-order valence-corrected chi connectivity index (χ4v) is 7.38. The molecule has 3 heterocycles. The first-order valence-electron chi connectivity index (χ1n) is 14.7. The summed E-state index contributed by atoms with van der Waals surface area (Å²) in [5.74, 6) is 0. The van der Waals surface area contributed by atoms with Crippen molar-refractivity contribution in [2.24, 2.45) is 0 Å². The van der Waals surface area contributed by atoms with Gasteiger partial charge in [0, 0.05) is 27.8 Å². The third kappa shape index (κ3) is 3.22. The first-order chi connectivity index (χ1) is 20.5. The standard InChI is InChI=1S/C39H28BNO/c1-23-11-15-27(16-12-23)41-34-18-14-25(3)20-33(34)40-32-19-24(2)13-17-29(32)31-21-26(22-35(41)39(31)40)28-8-6-10-37-38(28)30-7-4-5-9-36(30)42-37/h4-22H,1-3H3. The lowest BCUT2D eigenvalue weighted by Gasteiger charge is -2.36. The van der Waals surface area contributed by atoms with Gasteiger partial charge in [-0.1, -0.05) is 94.9 Å². The van der Waals surface area contributed by atoms with Crippen molar-refractivity contribution in [2.45, 2.75) is 20.8 Å². The van der Waals surface area contributed by atoms with Crippen molar-refractivity contribution in [1.82, 2.24) is 0 Å². The van der Waals surface area contributed by atoms with Crippen LogP contribution in [0.15, 0.2) is 120 Å². The van der Waals surface area contributed by atoms with Crippen LogP contribution in [0.5, 0.6) is 0 Å². The average molecular weight is 537 g/mol. The zero-order valence-corrected chi connectivity index (χ0v) is 23.9. The van der Waals surface area contributed by atoms with E-state index >= 15 is 0 Å². The molecule has 3 heteroatoms. The molecule has 0 unspecified atom stereocenters. The van der Waals surface area contributed by atoms with E-state index in [-0.39, 0.29) is 6.71 Å². The fourth-order valence-electron chi connectivity index (χ4n) is 7.38. The summed E-state index contributed by atoms with van der Waals surface area (Å²) in [5, 5.41) is 2.33. The summed E-state index contributed by atoms with van der Waals surface area (Å²) >= 11 is 0. The van der Waals surface area contributed by atoms with Gasteiger partial charge in [-0.05, 0) is 96.4 Å². The van der Waals surface area contributed by atoms with Crippen molar-refractivity contribution in [1.29, 1.82) is 0 Å². The fraction of sp³-hybridized carbons (Fsp3) is 0.0769. The third-order valence-electron chi connectivity index (χ3n) is 9.24. The molecule has 6 aromatic carbocycles. The van der Waals surface area contributed by atoms with E-state index in [1.165, 1.54) is 77.8 Å². The molecule has 0 bridgehead atoms. The lowest BCUT2D eigenvalue weighted by atomic mass is 9.37. The predicted molar refractivity (Wildman–Crippen MR) is 178 cm³/mol. The van der Waals surface area contributed by atoms with Crippen LogP contribution in [0.25, 0.3) is 44.2 Å². The molecule has 0 saturated carbocycles. The van der Waals surface area contributed by atoms with Crippen LogP contribution in [0.2, 0.25) is 0 Å². The quantitative estimate of drug-likeness (QED) is 0.206. The molecule has 1 aromatic heterocycles. The summed E-state index contributed by atoms with van der Waals surface area (Å²) in [5.41, 5.74) is 18.7. The molecule has 0 saturated heterocycles. The molecule has 0 spiro atoms. The van der Waals surface area contributed by atoms with Crippen LogP contribution in [0.1, 0.15) is 16.7 Å². The number of fused-ring (bicyclic) bond motifs is 8. The molecule has 198 valence electrons. The molecule has 0 N–H and O–H groups in total. The van der Waals surface area contributed by atoms with E-state index in [2.05, 4.69) is 135 Å². The minimum absolute atomic E-state index is 0.209. The Morgan fingerprint density at radius 2 is 1.29 bits per heavy atom. The number of hydrogen-bond acceptors (Lipinski definition) is 2. The van der Waals surface area contributed by atoms with Gasteiger partial charge in [-0.3, -0.25) is 0 Å². The molecule has 0 aliphatic carbocycles. The van der Waals surface area contributed by atoms with Crippen LogP contribution in [0.3, 0.4) is 0 Å². The number of hydrogen-bond donors (Lipinski definition) is 0. The Labute approximate surface area is 245 Å². The normalized spacial score (nSPS) is 13.0. The largest absolute Gasteiger partial charge is 0.456 e. The Kier molecular flexibility index (Phi) is 4.79. The van der Waals surface area contributed by atoms with Crippen molar-refractivity contribution >= 4 is 62.1 Å². The second-order valence-electron chi connectivity index (χ2n) is 12.0. The minimum Gasteiger partial charge on any atom is -0.456 e. The zero-order chi connectivity index (χ0) is 28.1. The molecule has 7 aromatic rings. The number of aryl methyl sites for hydroxylation is 3. The lowest BCUT2D eigenvalue weighted by Crippen LogP contribution is -2.54. The maximum absolute atomic E-state index is 6.31. The molecule has 0 radical (unpaired) electrons. The van der Waals surface area contributed by atoms with Crippen LogP contribution in [0.4, 0.5) is 17.1 Å². The van der Waals surface area contributed by atoms with E-state index in [1.807, 2.05) is 6.07 Å². The summed E-state index contributed by atoms with van der Waals surface area (Å²) in [6, 6.07) is 42.6. The van der Waals surface area contributed by atoms with Crippen molar-refractivity contribution in [3.8, 4) is 22.3 Å². The number of benzene rings is 6. The van der Waals surface area contributed by atoms with Gasteiger partial charge in [0.2, 0.25) is 6.71 Å². The summed E-state index contributed by atoms with van der Waals surface area (Å²) in [6.07, 6.45) is 0. The van der Waals surface area contributed by atoms with Crippen LogP contribution in [0, 0.1) is 20.8 Å². The second-order valence-corrected chi connectivity index (χ2v) is 12.0. The highest BCUT2D eigenvalue weighted by Crippen LogP contribution is 2.45. The van der Waals surface area contributed by atoms with Gasteiger partial charge in [0.05, 0.1) is 0 Å². The molecule has 0 amide bonds. The maximum Gasteiger partial charge on any atom is 0.248 e. The van der Waals surface area contributed by atoms with Crippen LogP contribution < -0.4 is 21.3 Å². The van der Waals surface area contributed by atoms with Crippen LogP contribution >= 0.6 is 0 Å². The molecule has 2 aliphatic rings. The van der Waals surface area contributed by atoms with Gasteiger partial charge < -0.3 is 9.32 Å². The second kappa shape index (κ2) is 8.50. The SMILES string of the molecule is Cc1ccc(N2c3ccc(C)cc3B3c4cc(C)ccc4-c4cc(-c5cccc6oc7ccccc7c56)cc2c43)cc1.